The molecule has 1 N–H and O–H groups in total. The van der Waals surface area contributed by atoms with Crippen molar-refractivity contribution in [1.82, 2.24) is 0 Å². The van der Waals surface area contributed by atoms with E-state index in [1.165, 1.54) is 5.56 Å². The molecule has 0 radical (unpaired) electrons. The van der Waals surface area contributed by atoms with E-state index in [0.29, 0.717) is 5.02 Å². The Balaban J connectivity index is 2.42. The number of nitrogens with zero attached hydrogens (tertiary/aromatic N) is 1. The Bertz CT molecular complexity index is 595. The lowest BCUT2D eigenvalue weighted by Crippen LogP contribution is -2.16. The standard InChI is InChI=1S/C17H20ClNO/c1-4-19(15-7-5-6-12(2)10-15)17-9-8-14(13(3)20)11-16(17)18/h5-11,13,20H,4H2,1-3H3. The first-order valence-electron chi connectivity index (χ1n) is 6.84. The maximum absolute atomic E-state index is 9.62. The van der Waals surface area contributed by atoms with E-state index in [1.807, 2.05) is 24.3 Å². The van der Waals surface area contributed by atoms with E-state index >= 15 is 0 Å². The van der Waals surface area contributed by atoms with Gasteiger partial charge in [-0.25, -0.2) is 0 Å². The number of aliphatic hydroxyl groups excluding tert-OH is 1. The van der Waals surface area contributed by atoms with E-state index in [9.17, 15) is 5.11 Å². The van der Waals surface area contributed by atoms with Gasteiger partial charge in [0, 0.05) is 12.2 Å². The van der Waals surface area contributed by atoms with Crippen LogP contribution < -0.4 is 4.90 Å². The molecule has 1 unspecified atom stereocenters. The van der Waals surface area contributed by atoms with Gasteiger partial charge < -0.3 is 10.0 Å². The van der Waals surface area contributed by atoms with Gasteiger partial charge in [0.15, 0.2) is 0 Å². The van der Waals surface area contributed by atoms with Crippen molar-refractivity contribution in [3.8, 4) is 0 Å². The van der Waals surface area contributed by atoms with Crippen LogP contribution in [0.25, 0.3) is 0 Å². The van der Waals surface area contributed by atoms with E-state index in [-0.39, 0.29) is 0 Å². The summed E-state index contributed by atoms with van der Waals surface area (Å²) in [6, 6.07) is 14.1. The van der Waals surface area contributed by atoms with Crippen molar-refractivity contribution >= 4 is 23.0 Å². The van der Waals surface area contributed by atoms with Gasteiger partial charge in [-0.15, -0.1) is 0 Å². The average Bonchev–Trinajstić information content (AvgIpc) is 2.41. The largest absolute Gasteiger partial charge is 0.389 e. The van der Waals surface area contributed by atoms with E-state index in [1.54, 1.807) is 6.92 Å². The molecule has 106 valence electrons. The van der Waals surface area contributed by atoms with Gasteiger partial charge in [0.05, 0.1) is 16.8 Å². The molecule has 0 aliphatic heterocycles. The first kappa shape index (κ1) is 14.9. The molecule has 0 fully saturated rings. The normalized spacial score (nSPS) is 12.2. The molecule has 1 atom stereocenters. The molecule has 0 heterocycles. The summed E-state index contributed by atoms with van der Waals surface area (Å²) in [4.78, 5) is 2.17. The van der Waals surface area contributed by atoms with Crippen molar-refractivity contribution in [2.45, 2.75) is 26.9 Å². The van der Waals surface area contributed by atoms with Gasteiger partial charge in [-0.05, 0) is 56.2 Å². The Morgan fingerprint density at radius 2 is 1.95 bits per heavy atom. The van der Waals surface area contributed by atoms with Crippen LogP contribution in [0.2, 0.25) is 5.02 Å². The van der Waals surface area contributed by atoms with Gasteiger partial charge in [0.25, 0.3) is 0 Å². The molecular weight excluding hydrogens is 270 g/mol. The van der Waals surface area contributed by atoms with Gasteiger partial charge in [-0.2, -0.15) is 0 Å². The Hall–Kier alpha value is -1.51. The van der Waals surface area contributed by atoms with Crippen LogP contribution in [0, 0.1) is 6.92 Å². The summed E-state index contributed by atoms with van der Waals surface area (Å²) in [7, 11) is 0. The molecule has 2 aromatic rings. The predicted octanol–water partition coefficient (Wildman–Crippen LogP) is 4.86. The van der Waals surface area contributed by atoms with Gasteiger partial charge in [-0.1, -0.05) is 29.8 Å². The zero-order chi connectivity index (χ0) is 14.7. The minimum absolute atomic E-state index is 0.504. The van der Waals surface area contributed by atoms with Gasteiger partial charge in [0.2, 0.25) is 0 Å². The third-order valence-electron chi connectivity index (χ3n) is 3.37. The van der Waals surface area contributed by atoms with Crippen LogP contribution in [0.4, 0.5) is 11.4 Å². The summed E-state index contributed by atoms with van der Waals surface area (Å²) >= 11 is 6.38. The van der Waals surface area contributed by atoms with Crippen molar-refractivity contribution in [3.63, 3.8) is 0 Å². The van der Waals surface area contributed by atoms with Crippen LogP contribution in [0.3, 0.4) is 0 Å². The summed E-state index contributed by atoms with van der Waals surface area (Å²) in [5.74, 6) is 0. The lowest BCUT2D eigenvalue weighted by Gasteiger charge is -2.25. The Morgan fingerprint density at radius 1 is 1.20 bits per heavy atom. The number of hydrogen-bond acceptors (Lipinski definition) is 2. The molecular formula is C17H20ClNO. The highest BCUT2D eigenvalue weighted by atomic mass is 35.5. The highest BCUT2D eigenvalue weighted by molar-refractivity contribution is 6.33. The number of rotatable bonds is 4. The summed E-state index contributed by atoms with van der Waals surface area (Å²) in [6.07, 6.45) is -0.504. The number of halogens is 1. The van der Waals surface area contributed by atoms with Crippen molar-refractivity contribution in [3.05, 3.63) is 58.6 Å². The van der Waals surface area contributed by atoms with E-state index in [4.69, 9.17) is 11.6 Å². The zero-order valence-corrected chi connectivity index (χ0v) is 12.9. The molecule has 0 aromatic heterocycles. The van der Waals surface area contributed by atoms with Crippen LogP contribution >= 0.6 is 11.6 Å². The van der Waals surface area contributed by atoms with Crippen LogP contribution in [-0.4, -0.2) is 11.7 Å². The summed E-state index contributed by atoms with van der Waals surface area (Å²) in [5.41, 5.74) is 4.14. The summed E-state index contributed by atoms with van der Waals surface area (Å²) < 4.78 is 0. The molecule has 0 aliphatic rings. The molecule has 2 aromatic carbocycles. The van der Waals surface area contributed by atoms with Crippen molar-refractivity contribution in [1.29, 1.82) is 0 Å². The molecule has 0 saturated carbocycles. The van der Waals surface area contributed by atoms with Crippen LogP contribution in [-0.2, 0) is 0 Å². The third-order valence-corrected chi connectivity index (χ3v) is 3.68. The van der Waals surface area contributed by atoms with Gasteiger partial charge >= 0.3 is 0 Å². The molecule has 0 bridgehead atoms. The smallest absolute Gasteiger partial charge is 0.0762 e. The molecule has 2 nitrogen and oxygen atoms in total. The lowest BCUT2D eigenvalue weighted by molar-refractivity contribution is 0.199. The maximum Gasteiger partial charge on any atom is 0.0762 e. The third kappa shape index (κ3) is 3.14. The average molecular weight is 290 g/mol. The number of hydrogen-bond donors (Lipinski definition) is 1. The molecule has 0 aliphatic carbocycles. The Labute approximate surface area is 125 Å². The lowest BCUT2D eigenvalue weighted by atomic mass is 10.1. The predicted molar refractivity (Wildman–Crippen MR) is 85.9 cm³/mol. The minimum atomic E-state index is -0.504. The SMILES string of the molecule is CCN(c1cccc(C)c1)c1ccc(C(C)O)cc1Cl. The Morgan fingerprint density at radius 3 is 2.50 bits per heavy atom. The molecule has 0 saturated heterocycles. The van der Waals surface area contributed by atoms with Gasteiger partial charge in [0.1, 0.15) is 0 Å². The molecule has 2 rings (SSSR count). The van der Waals surface area contributed by atoms with Crippen molar-refractivity contribution < 1.29 is 5.11 Å². The first-order chi connectivity index (χ1) is 9.52. The number of benzene rings is 2. The van der Waals surface area contributed by atoms with Crippen LogP contribution in [0.15, 0.2) is 42.5 Å². The van der Waals surface area contributed by atoms with E-state index in [2.05, 4.69) is 36.9 Å². The summed E-state index contributed by atoms with van der Waals surface area (Å²) in [6.45, 7) is 6.75. The van der Waals surface area contributed by atoms with Crippen LogP contribution in [0.5, 0.6) is 0 Å². The van der Waals surface area contributed by atoms with E-state index < -0.39 is 6.10 Å². The quantitative estimate of drug-likeness (QED) is 0.869. The van der Waals surface area contributed by atoms with E-state index in [0.717, 1.165) is 23.5 Å². The number of aliphatic hydroxyl groups is 1. The second-order valence-electron chi connectivity index (χ2n) is 4.97. The first-order valence-corrected chi connectivity index (χ1v) is 7.22. The molecule has 20 heavy (non-hydrogen) atoms. The molecule has 3 heteroatoms. The second kappa shape index (κ2) is 6.29. The van der Waals surface area contributed by atoms with Gasteiger partial charge in [-0.3, -0.25) is 0 Å². The monoisotopic (exact) mass is 289 g/mol. The highest BCUT2D eigenvalue weighted by Gasteiger charge is 2.12. The highest BCUT2D eigenvalue weighted by Crippen LogP contribution is 2.33. The number of aryl methyl sites for hydroxylation is 1. The fraction of sp³-hybridized carbons (Fsp3) is 0.294. The summed E-state index contributed by atoms with van der Waals surface area (Å²) in [5, 5.41) is 10.3. The maximum atomic E-state index is 9.62. The minimum Gasteiger partial charge on any atom is -0.389 e. The number of anilines is 2. The fourth-order valence-electron chi connectivity index (χ4n) is 2.29. The molecule has 0 spiro atoms. The Kier molecular flexibility index (Phi) is 4.69. The van der Waals surface area contributed by atoms with Crippen molar-refractivity contribution in [2.24, 2.45) is 0 Å². The topological polar surface area (TPSA) is 23.5 Å². The second-order valence-corrected chi connectivity index (χ2v) is 5.38. The zero-order valence-electron chi connectivity index (χ0n) is 12.1. The molecule has 0 amide bonds. The fourth-order valence-corrected chi connectivity index (χ4v) is 2.58. The van der Waals surface area contributed by atoms with Crippen LogP contribution in [0.1, 0.15) is 31.1 Å². The van der Waals surface area contributed by atoms with Crippen molar-refractivity contribution in [2.75, 3.05) is 11.4 Å².